The summed E-state index contributed by atoms with van der Waals surface area (Å²) >= 11 is 0. The molecule has 0 aliphatic rings. The number of ether oxygens (including phenoxy) is 1. The average Bonchev–Trinajstić information content (AvgIpc) is 2.67. The number of benzene rings is 1. The highest BCUT2D eigenvalue weighted by atomic mass is 16.5. The van der Waals surface area contributed by atoms with Crippen LogP contribution < -0.4 is 10.1 Å². The van der Waals surface area contributed by atoms with Crippen molar-refractivity contribution in [3.63, 3.8) is 0 Å². The van der Waals surface area contributed by atoms with Gasteiger partial charge in [0.2, 0.25) is 0 Å². The number of aromatic nitrogens is 1. The molecule has 0 aliphatic heterocycles. The number of hydrogen-bond donors (Lipinski definition) is 2. The summed E-state index contributed by atoms with van der Waals surface area (Å²) in [6.45, 7) is 4.22. The van der Waals surface area contributed by atoms with Gasteiger partial charge in [0.1, 0.15) is 11.6 Å². The zero-order valence-corrected chi connectivity index (χ0v) is 17.2. The van der Waals surface area contributed by atoms with Crippen molar-refractivity contribution >= 4 is 11.6 Å². The topological polar surface area (TPSA) is 71.5 Å². The Bertz CT molecular complexity index is 761. The van der Waals surface area contributed by atoms with Crippen LogP contribution in [-0.4, -0.2) is 29.0 Å². The van der Waals surface area contributed by atoms with Crippen LogP contribution in [-0.2, 0) is 11.2 Å². The molecule has 0 fully saturated rings. The average molecular weight is 385 g/mol. The van der Waals surface area contributed by atoms with E-state index in [1.807, 2.05) is 25.1 Å². The Balaban J connectivity index is 1.93. The van der Waals surface area contributed by atoms with Crippen molar-refractivity contribution in [3.05, 3.63) is 47.7 Å². The van der Waals surface area contributed by atoms with Crippen LogP contribution in [0.15, 0.2) is 36.5 Å². The number of aryl methyl sites for hydroxylation is 2. The summed E-state index contributed by atoms with van der Waals surface area (Å²) in [7, 11) is 1.52. The summed E-state index contributed by atoms with van der Waals surface area (Å²) < 4.78 is 5.14. The van der Waals surface area contributed by atoms with Crippen molar-refractivity contribution in [3.8, 4) is 11.5 Å². The minimum atomic E-state index is 0.0997. The number of unbranched alkanes of at least 4 members (excludes halogenated alkanes) is 2. The van der Waals surface area contributed by atoms with Gasteiger partial charge in [-0.2, -0.15) is 0 Å². The van der Waals surface area contributed by atoms with Crippen molar-refractivity contribution in [2.45, 2.75) is 64.8 Å². The first-order valence-electron chi connectivity index (χ1n) is 10.1. The molecule has 2 rings (SSSR count). The van der Waals surface area contributed by atoms with E-state index in [0.717, 1.165) is 36.2 Å². The predicted molar refractivity (Wildman–Crippen MR) is 113 cm³/mol. The van der Waals surface area contributed by atoms with Crippen LogP contribution in [0, 0.1) is 6.92 Å². The van der Waals surface area contributed by atoms with Gasteiger partial charge >= 0.3 is 0 Å². The molecule has 28 heavy (non-hydrogen) atoms. The number of rotatable bonds is 12. The number of ketones is 1. The number of nitrogens with one attached hydrogen (secondary N) is 1. The monoisotopic (exact) mass is 384 g/mol. The summed E-state index contributed by atoms with van der Waals surface area (Å²) in [6, 6.07) is 9.31. The molecule has 1 heterocycles. The highest BCUT2D eigenvalue weighted by molar-refractivity contribution is 5.79. The normalized spacial score (nSPS) is 11.8. The maximum Gasteiger partial charge on any atom is 0.160 e. The summed E-state index contributed by atoms with van der Waals surface area (Å²) in [5.74, 6) is 1.62. The van der Waals surface area contributed by atoms with Crippen molar-refractivity contribution in [2.24, 2.45) is 0 Å². The molecule has 1 aromatic heterocycles. The number of phenolic OH excluding ortho intramolecular Hbond substituents is 1. The van der Waals surface area contributed by atoms with E-state index >= 15 is 0 Å². The molecule has 0 saturated heterocycles. The SMILES string of the molecule is CCCCCC(CC(=O)CCc1ccc(O)c(OC)c1)Nc1cc(C)ccn1. The predicted octanol–water partition coefficient (Wildman–Crippen LogP) is 5.06. The third-order valence-corrected chi connectivity index (χ3v) is 4.83. The van der Waals surface area contributed by atoms with Crippen LogP contribution in [0.25, 0.3) is 0 Å². The maximum atomic E-state index is 12.6. The van der Waals surface area contributed by atoms with Crippen LogP contribution in [0.2, 0.25) is 0 Å². The van der Waals surface area contributed by atoms with E-state index in [-0.39, 0.29) is 17.6 Å². The van der Waals surface area contributed by atoms with Gasteiger partial charge in [0.25, 0.3) is 0 Å². The largest absolute Gasteiger partial charge is 0.504 e. The third-order valence-electron chi connectivity index (χ3n) is 4.83. The molecule has 0 bridgehead atoms. The molecule has 0 saturated carbocycles. The molecule has 152 valence electrons. The highest BCUT2D eigenvalue weighted by Gasteiger charge is 2.15. The molecule has 2 aromatic rings. The van der Waals surface area contributed by atoms with Crippen LogP contribution in [0.4, 0.5) is 5.82 Å². The van der Waals surface area contributed by atoms with Gasteiger partial charge in [-0.05, 0) is 55.2 Å². The first-order valence-corrected chi connectivity index (χ1v) is 10.1. The molecule has 1 atom stereocenters. The van der Waals surface area contributed by atoms with E-state index in [9.17, 15) is 9.90 Å². The van der Waals surface area contributed by atoms with E-state index in [0.29, 0.717) is 25.0 Å². The number of phenols is 1. The molecular formula is C23H32N2O3. The van der Waals surface area contributed by atoms with E-state index < -0.39 is 0 Å². The molecule has 0 amide bonds. The lowest BCUT2D eigenvalue weighted by Crippen LogP contribution is -2.24. The van der Waals surface area contributed by atoms with E-state index in [4.69, 9.17) is 4.74 Å². The van der Waals surface area contributed by atoms with Gasteiger partial charge < -0.3 is 15.2 Å². The van der Waals surface area contributed by atoms with Gasteiger partial charge in [-0.1, -0.05) is 32.3 Å². The van der Waals surface area contributed by atoms with Gasteiger partial charge in [0.05, 0.1) is 7.11 Å². The number of hydrogen-bond acceptors (Lipinski definition) is 5. The molecule has 1 aromatic carbocycles. The van der Waals surface area contributed by atoms with Crippen LogP contribution >= 0.6 is 0 Å². The molecule has 1 unspecified atom stereocenters. The van der Waals surface area contributed by atoms with Gasteiger partial charge in [-0.15, -0.1) is 0 Å². The smallest absolute Gasteiger partial charge is 0.160 e. The summed E-state index contributed by atoms with van der Waals surface area (Å²) in [5, 5.41) is 13.1. The van der Waals surface area contributed by atoms with Gasteiger partial charge in [-0.3, -0.25) is 4.79 Å². The molecule has 5 heteroatoms. The Kier molecular flexibility index (Phi) is 8.79. The number of anilines is 1. The zero-order chi connectivity index (χ0) is 20.4. The lowest BCUT2D eigenvalue weighted by atomic mass is 9.99. The minimum absolute atomic E-state index is 0.0997. The van der Waals surface area contributed by atoms with Crippen molar-refractivity contribution in [1.29, 1.82) is 0 Å². The van der Waals surface area contributed by atoms with Gasteiger partial charge in [-0.25, -0.2) is 4.98 Å². The number of carbonyl (C=O) groups excluding carboxylic acids is 1. The fraction of sp³-hybridized carbons (Fsp3) is 0.478. The second kappa shape index (κ2) is 11.3. The molecule has 0 spiro atoms. The summed E-state index contributed by atoms with van der Waals surface area (Å²) in [6.07, 6.45) is 7.79. The third kappa shape index (κ3) is 7.22. The fourth-order valence-electron chi connectivity index (χ4n) is 3.23. The molecular weight excluding hydrogens is 352 g/mol. The highest BCUT2D eigenvalue weighted by Crippen LogP contribution is 2.27. The van der Waals surface area contributed by atoms with Crippen molar-refractivity contribution in [1.82, 2.24) is 4.98 Å². The minimum Gasteiger partial charge on any atom is -0.504 e. The second-order valence-corrected chi connectivity index (χ2v) is 7.30. The van der Waals surface area contributed by atoms with Gasteiger partial charge in [0, 0.05) is 25.1 Å². The maximum absolute atomic E-state index is 12.6. The Morgan fingerprint density at radius 1 is 1.25 bits per heavy atom. The van der Waals surface area contributed by atoms with E-state index in [1.54, 1.807) is 18.3 Å². The first-order chi connectivity index (χ1) is 13.5. The zero-order valence-electron chi connectivity index (χ0n) is 17.2. The lowest BCUT2D eigenvalue weighted by Gasteiger charge is -2.19. The van der Waals surface area contributed by atoms with Crippen molar-refractivity contribution in [2.75, 3.05) is 12.4 Å². The Labute approximate surface area is 168 Å². The van der Waals surface area contributed by atoms with E-state index in [1.165, 1.54) is 13.5 Å². The van der Waals surface area contributed by atoms with Crippen LogP contribution in [0.1, 0.15) is 56.6 Å². The van der Waals surface area contributed by atoms with Crippen molar-refractivity contribution < 1.29 is 14.6 Å². The number of Topliss-reactive ketones (excluding diaryl/α,β-unsaturated/α-hetero) is 1. The number of pyridine rings is 1. The Hall–Kier alpha value is -2.56. The number of carbonyl (C=O) groups is 1. The molecule has 0 aliphatic carbocycles. The second-order valence-electron chi connectivity index (χ2n) is 7.30. The molecule has 5 nitrogen and oxygen atoms in total. The quantitative estimate of drug-likeness (QED) is 0.501. The lowest BCUT2D eigenvalue weighted by molar-refractivity contribution is -0.119. The van der Waals surface area contributed by atoms with Gasteiger partial charge in [0.15, 0.2) is 11.5 Å². The molecule has 2 N–H and O–H groups in total. The number of methoxy groups -OCH3 is 1. The first kappa shape index (κ1) is 21.7. The molecule has 0 radical (unpaired) electrons. The Morgan fingerprint density at radius 2 is 2.07 bits per heavy atom. The van der Waals surface area contributed by atoms with Crippen LogP contribution in [0.3, 0.4) is 0 Å². The number of aromatic hydroxyl groups is 1. The van der Waals surface area contributed by atoms with E-state index in [2.05, 4.69) is 17.2 Å². The summed E-state index contributed by atoms with van der Waals surface area (Å²) in [5.41, 5.74) is 2.14. The standard InChI is InChI=1S/C23H32N2O3/c1-4-5-6-7-19(25-23-14-17(2)12-13-24-23)16-20(26)10-8-18-9-11-21(27)22(15-18)28-3/h9,11-15,19,27H,4-8,10,16H2,1-3H3,(H,24,25). The van der Waals surface area contributed by atoms with Crippen LogP contribution in [0.5, 0.6) is 11.5 Å². The number of nitrogens with zero attached hydrogens (tertiary/aromatic N) is 1. The Morgan fingerprint density at radius 3 is 2.79 bits per heavy atom. The summed E-state index contributed by atoms with van der Waals surface area (Å²) in [4.78, 5) is 17.0. The fourth-order valence-corrected chi connectivity index (χ4v) is 3.23.